The monoisotopic (exact) mass is 709 g/mol. The van der Waals surface area contributed by atoms with Gasteiger partial charge in [-0.2, -0.15) is 8.42 Å². The fourth-order valence-corrected chi connectivity index (χ4v) is 9.79. The van der Waals surface area contributed by atoms with Gasteiger partial charge < -0.3 is 5.73 Å². The number of benzene rings is 4. The lowest BCUT2D eigenvalue weighted by molar-refractivity contribution is 0.296. The summed E-state index contributed by atoms with van der Waals surface area (Å²) in [4.78, 5) is 1.33. The largest absolute Gasteiger partial charge is 0.330 e. The zero-order chi connectivity index (χ0) is 34.4. The summed E-state index contributed by atoms with van der Waals surface area (Å²) in [6, 6.07) is 27.9. The molecule has 0 radical (unpaired) electrons. The molecule has 256 valence electrons. The first-order valence-electron chi connectivity index (χ1n) is 16.3. The van der Waals surface area contributed by atoms with Crippen LogP contribution >= 0.6 is 0 Å². The van der Waals surface area contributed by atoms with E-state index in [1.54, 1.807) is 72.8 Å². The normalized spacial score (nSPS) is 17.8. The fraction of sp³-hybridized carbons (Fsp3) is 0.351. The van der Waals surface area contributed by atoms with E-state index in [0.717, 1.165) is 62.3 Å². The van der Waals surface area contributed by atoms with Gasteiger partial charge >= 0.3 is 0 Å². The summed E-state index contributed by atoms with van der Waals surface area (Å²) < 4.78 is 78.1. The fourth-order valence-electron chi connectivity index (χ4n) is 6.73. The third-order valence-corrected chi connectivity index (χ3v) is 13.2. The number of rotatable bonds is 10. The summed E-state index contributed by atoms with van der Waals surface area (Å²) in [6.45, 7) is 0.821. The number of aryl methyl sites for hydroxylation is 2. The van der Waals surface area contributed by atoms with Crippen molar-refractivity contribution in [3.05, 3.63) is 119 Å². The lowest BCUT2D eigenvalue weighted by Gasteiger charge is -2.26. The molecule has 0 fully saturated rings. The molecule has 0 saturated carbocycles. The molecule has 0 spiro atoms. The van der Waals surface area contributed by atoms with Gasteiger partial charge in [-0.3, -0.25) is 4.18 Å². The van der Waals surface area contributed by atoms with Crippen molar-refractivity contribution in [1.29, 1.82) is 0 Å². The molecule has 8 nitrogen and oxygen atoms in total. The van der Waals surface area contributed by atoms with Crippen LogP contribution in [-0.4, -0.2) is 44.7 Å². The van der Waals surface area contributed by atoms with Gasteiger partial charge in [-0.05, 0) is 141 Å². The van der Waals surface area contributed by atoms with E-state index in [1.165, 1.54) is 11.1 Å². The summed E-state index contributed by atoms with van der Waals surface area (Å²) in [5.41, 5.74) is 10.3. The Morgan fingerprint density at radius 1 is 0.604 bits per heavy atom. The maximum Gasteiger partial charge on any atom is 0.264 e. The van der Waals surface area contributed by atoms with Gasteiger partial charge in [-0.25, -0.2) is 16.8 Å². The standard InChI is InChI=1S/C19H22O5S2.C18H21NO2S/c1-25(20,21)24-13-12-15-6-5-7-16-14-18(10-11-19(15)16)26(22,23)17-8-3-2-4-9-17;19-12-11-14-5-4-6-15-13-17(9-10-18(14)15)22(20,21)16-7-2-1-3-8-16/h2-4,8-11,14-15H,5-7,12-13H2,1H3;1-3,7-10,13-14H,4-6,11-12,19H2. The molecule has 0 bridgehead atoms. The molecule has 0 aliphatic heterocycles. The molecule has 0 aromatic heterocycles. The summed E-state index contributed by atoms with van der Waals surface area (Å²) >= 11 is 0. The van der Waals surface area contributed by atoms with Crippen LogP contribution < -0.4 is 5.73 Å². The second-order valence-electron chi connectivity index (χ2n) is 12.4. The Morgan fingerprint density at radius 3 is 1.46 bits per heavy atom. The maximum absolute atomic E-state index is 12.8. The number of hydrogen-bond acceptors (Lipinski definition) is 8. The molecule has 2 N–H and O–H groups in total. The highest BCUT2D eigenvalue weighted by molar-refractivity contribution is 7.91. The van der Waals surface area contributed by atoms with Crippen molar-refractivity contribution in [3.8, 4) is 0 Å². The molecule has 4 aromatic carbocycles. The minimum Gasteiger partial charge on any atom is -0.330 e. The Hall–Kier alpha value is -3.35. The Morgan fingerprint density at radius 2 is 1.04 bits per heavy atom. The van der Waals surface area contributed by atoms with E-state index in [9.17, 15) is 25.3 Å². The van der Waals surface area contributed by atoms with Gasteiger partial charge in [0.2, 0.25) is 19.7 Å². The highest BCUT2D eigenvalue weighted by Gasteiger charge is 2.25. The molecule has 0 amide bonds. The van der Waals surface area contributed by atoms with Crippen LogP contribution in [0.4, 0.5) is 0 Å². The summed E-state index contributed by atoms with van der Waals surface area (Å²) in [5, 5.41) is 0. The van der Waals surface area contributed by atoms with Gasteiger partial charge in [-0.1, -0.05) is 48.5 Å². The highest BCUT2D eigenvalue weighted by atomic mass is 32.2. The lowest BCUT2D eigenvalue weighted by atomic mass is 9.81. The van der Waals surface area contributed by atoms with Crippen LogP contribution in [0.1, 0.15) is 72.6 Å². The second kappa shape index (κ2) is 15.5. The minimum atomic E-state index is -3.53. The van der Waals surface area contributed by atoms with Crippen LogP contribution in [0.25, 0.3) is 0 Å². The predicted molar refractivity (Wildman–Crippen MR) is 187 cm³/mol. The second-order valence-corrected chi connectivity index (χ2v) is 18.0. The Bertz CT molecular complexity index is 2030. The zero-order valence-electron chi connectivity index (χ0n) is 27.1. The number of nitrogens with two attached hydrogens (primary N) is 1. The lowest BCUT2D eigenvalue weighted by Crippen LogP contribution is -2.14. The zero-order valence-corrected chi connectivity index (χ0v) is 29.6. The summed E-state index contributed by atoms with van der Waals surface area (Å²) in [7, 11) is -10.4. The molecule has 2 aliphatic rings. The van der Waals surface area contributed by atoms with Gasteiger partial charge in [-0.15, -0.1) is 0 Å². The van der Waals surface area contributed by atoms with E-state index in [1.807, 2.05) is 24.3 Å². The van der Waals surface area contributed by atoms with E-state index in [2.05, 4.69) is 0 Å². The third kappa shape index (κ3) is 8.62. The van der Waals surface area contributed by atoms with Crippen molar-refractivity contribution in [2.75, 3.05) is 19.4 Å². The van der Waals surface area contributed by atoms with Crippen LogP contribution in [0.5, 0.6) is 0 Å². The van der Waals surface area contributed by atoms with Crippen LogP contribution in [0.3, 0.4) is 0 Å². The molecular weight excluding hydrogens is 667 g/mol. The third-order valence-electron chi connectivity index (χ3n) is 9.11. The molecule has 2 atom stereocenters. The van der Waals surface area contributed by atoms with Gasteiger partial charge in [0.25, 0.3) is 10.1 Å². The van der Waals surface area contributed by atoms with Crippen LogP contribution in [0.15, 0.2) is 117 Å². The number of sulfone groups is 2. The highest BCUT2D eigenvalue weighted by Crippen LogP contribution is 2.37. The van der Waals surface area contributed by atoms with Crippen molar-refractivity contribution in [3.63, 3.8) is 0 Å². The van der Waals surface area contributed by atoms with Crippen molar-refractivity contribution in [2.24, 2.45) is 5.73 Å². The molecule has 6 rings (SSSR count). The first kappa shape index (κ1) is 35.9. The molecule has 0 heterocycles. The van der Waals surface area contributed by atoms with Gasteiger partial charge in [0.05, 0.1) is 32.4 Å². The molecule has 48 heavy (non-hydrogen) atoms. The van der Waals surface area contributed by atoms with E-state index in [0.29, 0.717) is 33.6 Å². The van der Waals surface area contributed by atoms with Crippen LogP contribution in [0.2, 0.25) is 0 Å². The number of fused-ring (bicyclic) bond motifs is 2. The van der Waals surface area contributed by atoms with E-state index < -0.39 is 29.8 Å². The Labute approximate surface area is 285 Å². The van der Waals surface area contributed by atoms with Gasteiger partial charge in [0.1, 0.15) is 0 Å². The maximum atomic E-state index is 12.8. The Kier molecular flexibility index (Phi) is 11.6. The average molecular weight is 710 g/mol. The topological polar surface area (TPSA) is 138 Å². The summed E-state index contributed by atoms with van der Waals surface area (Å²) in [6.07, 6.45) is 8.55. The van der Waals surface area contributed by atoms with Crippen molar-refractivity contribution in [2.45, 2.75) is 82.8 Å². The van der Waals surface area contributed by atoms with Crippen molar-refractivity contribution < 1.29 is 29.4 Å². The molecule has 0 saturated heterocycles. The molecule has 2 unspecified atom stereocenters. The molecular formula is C37H43NO7S3. The van der Waals surface area contributed by atoms with E-state index in [-0.39, 0.29) is 17.4 Å². The quantitative estimate of drug-likeness (QED) is 0.182. The van der Waals surface area contributed by atoms with Gasteiger partial charge in [0, 0.05) is 0 Å². The summed E-state index contributed by atoms with van der Waals surface area (Å²) in [5.74, 6) is 0.663. The SMILES string of the molecule is CS(=O)(=O)OCCC1CCCc2cc(S(=O)(=O)c3ccccc3)ccc21.NCCC1CCCc2cc(S(=O)(=O)c3ccccc3)ccc21. The molecule has 11 heteroatoms. The average Bonchev–Trinajstić information content (AvgIpc) is 3.08. The van der Waals surface area contributed by atoms with E-state index in [4.69, 9.17) is 9.92 Å². The van der Waals surface area contributed by atoms with Crippen molar-refractivity contribution in [1.82, 2.24) is 0 Å². The first-order chi connectivity index (χ1) is 22.9. The Balaban J connectivity index is 0.000000190. The van der Waals surface area contributed by atoms with Gasteiger partial charge in [0.15, 0.2) is 0 Å². The molecule has 2 aliphatic carbocycles. The van der Waals surface area contributed by atoms with Crippen molar-refractivity contribution >= 4 is 29.8 Å². The predicted octanol–water partition coefficient (Wildman–Crippen LogP) is 6.59. The van der Waals surface area contributed by atoms with Crippen LogP contribution in [0, 0.1) is 0 Å². The molecule has 4 aromatic rings. The minimum absolute atomic E-state index is 0.146. The van der Waals surface area contributed by atoms with Crippen LogP contribution in [-0.2, 0) is 46.8 Å². The first-order valence-corrected chi connectivity index (χ1v) is 21.1. The number of hydrogen-bond donors (Lipinski definition) is 1. The van der Waals surface area contributed by atoms with E-state index >= 15 is 0 Å². The smallest absolute Gasteiger partial charge is 0.264 e.